The van der Waals surface area contributed by atoms with Crippen LogP contribution < -0.4 is 0 Å². The summed E-state index contributed by atoms with van der Waals surface area (Å²) in [5.41, 5.74) is 0. The van der Waals surface area contributed by atoms with Gasteiger partial charge in [-0.2, -0.15) is 0 Å². The molecule has 0 rings (SSSR count). The number of rotatable bonds is 50. The molecule has 0 fully saturated rings. The number of hydrogen-bond acceptors (Lipinski definition) is 8. The highest BCUT2D eigenvalue weighted by atomic mass is 31.2. The molecule has 0 radical (unpaired) electrons. The normalized spacial score (nSPS) is 13.9. The standard InChI is InChI=1S/C50H99O9P/c1-3-5-7-9-11-13-15-17-19-21-22-23-24-25-26-28-30-32-34-36-38-40-42-50(53)59-49(47-58-60(54,55)57-45-48(52)44-51)46-56-43-41-39-37-35-33-31-29-27-20-18-16-14-12-10-8-6-4-2/h20,27,48-49,51-52H,3-19,21-26,28-47H2,1-2H3,(H,54,55)/b27-20-. The van der Waals surface area contributed by atoms with E-state index < -0.39 is 33.2 Å². The second-order valence-corrected chi connectivity index (χ2v) is 19.0. The molecule has 0 aromatic carbocycles. The monoisotopic (exact) mass is 875 g/mol. The third kappa shape index (κ3) is 46.7. The molecule has 0 amide bonds. The van der Waals surface area contributed by atoms with Gasteiger partial charge in [-0.05, 0) is 38.5 Å². The number of carbonyl (C=O) groups excluding carboxylic acids is 1. The summed E-state index contributed by atoms with van der Waals surface area (Å²) in [7, 11) is -4.52. The Morgan fingerprint density at radius 1 is 0.500 bits per heavy atom. The number of hydrogen-bond donors (Lipinski definition) is 3. The Balaban J connectivity index is 4.03. The zero-order valence-electron chi connectivity index (χ0n) is 39.5. The van der Waals surface area contributed by atoms with Gasteiger partial charge in [-0.25, -0.2) is 4.57 Å². The molecule has 0 bridgehead atoms. The van der Waals surface area contributed by atoms with Crippen LogP contribution in [0.2, 0.25) is 0 Å². The minimum Gasteiger partial charge on any atom is -0.457 e. The molecule has 0 aliphatic rings. The number of aliphatic hydroxyl groups excluding tert-OH is 2. The van der Waals surface area contributed by atoms with Crippen molar-refractivity contribution >= 4 is 13.8 Å². The van der Waals surface area contributed by atoms with Crippen molar-refractivity contribution in [3.8, 4) is 0 Å². The third-order valence-corrected chi connectivity index (χ3v) is 12.4. The van der Waals surface area contributed by atoms with Crippen LogP contribution >= 0.6 is 7.82 Å². The molecular formula is C50H99O9P. The van der Waals surface area contributed by atoms with Crippen LogP contribution in [0.5, 0.6) is 0 Å². The second-order valence-electron chi connectivity index (χ2n) is 17.5. The number of allylic oxidation sites excluding steroid dienone is 2. The zero-order valence-corrected chi connectivity index (χ0v) is 40.3. The van der Waals surface area contributed by atoms with Crippen LogP contribution in [-0.2, 0) is 27.9 Å². The highest BCUT2D eigenvalue weighted by molar-refractivity contribution is 7.47. The van der Waals surface area contributed by atoms with Gasteiger partial charge in [-0.15, -0.1) is 0 Å². The van der Waals surface area contributed by atoms with Crippen LogP contribution in [0.15, 0.2) is 12.2 Å². The van der Waals surface area contributed by atoms with Gasteiger partial charge < -0.3 is 24.6 Å². The van der Waals surface area contributed by atoms with E-state index in [-0.39, 0.29) is 25.6 Å². The molecule has 0 heterocycles. The first-order chi connectivity index (χ1) is 29.3. The van der Waals surface area contributed by atoms with Crippen molar-refractivity contribution in [1.29, 1.82) is 0 Å². The Morgan fingerprint density at radius 3 is 1.25 bits per heavy atom. The fraction of sp³-hybridized carbons (Fsp3) is 0.940. The van der Waals surface area contributed by atoms with E-state index >= 15 is 0 Å². The number of carbonyl (C=O) groups is 1. The summed E-state index contributed by atoms with van der Waals surface area (Å²) in [6, 6.07) is 0. The predicted molar refractivity (Wildman–Crippen MR) is 251 cm³/mol. The Hall–Kier alpha value is -0.800. The molecule has 358 valence electrons. The lowest BCUT2D eigenvalue weighted by atomic mass is 10.0. The summed E-state index contributed by atoms with van der Waals surface area (Å²) >= 11 is 0. The first-order valence-corrected chi connectivity index (χ1v) is 27.2. The summed E-state index contributed by atoms with van der Waals surface area (Å²) in [6.45, 7) is 3.57. The molecule has 0 saturated heterocycles. The minimum atomic E-state index is -4.52. The first-order valence-electron chi connectivity index (χ1n) is 25.7. The van der Waals surface area contributed by atoms with Gasteiger partial charge in [0, 0.05) is 13.0 Å². The van der Waals surface area contributed by atoms with Crippen molar-refractivity contribution in [3.05, 3.63) is 12.2 Å². The number of phosphoric ester groups is 1. The molecule has 9 nitrogen and oxygen atoms in total. The van der Waals surface area contributed by atoms with Crippen molar-refractivity contribution in [2.45, 2.75) is 270 Å². The highest BCUT2D eigenvalue weighted by Gasteiger charge is 2.26. The lowest BCUT2D eigenvalue weighted by Crippen LogP contribution is -2.29. The molecular weight excluding hydrogens is 776 g/mol. The van der Waals surface area contributed by atoms with Crippen molar-refractivity contribution in [2.24, 2.45) is 0 Å². The molecule has 3 atom stereocenters. The van der Waals surface area contributed by atoms with E-state index in [1.165, 1.54) is 193 Å². The SMILES string of the molecule is CCCCCCCCC/C=C\CCCCCCCCOCC(COP(=O)(O)OCC(O)CO)OC(=O)CCCCCCCCCCCCCCCCCCCCCCCC. The van der Waals surface area contributed by atoms with Crippen LogP contribution in [0.3, 0.4) is 0 Å². The number of esters is 1. The summed E-state index contributed by atoms with van der Waals surface area (Å²) in [5.74, 6) is -0.377. The van der Waals surface area contributed by atoms with Crippen LogP contribution in [0.4, 0.5) is 0 Å². The quantitative estimate of drug-likeness (QED) is 0.0236. The Morgan fingerprint density at radius 2 is 0.850 bits per heavy atom. The molecule has 3 unspecified atom stereocenters. The lowest BCUT2D eigenvalue weighted by Gasteiger charge is -2.20. The largest absolute Gasteiger partial charge is 0.472 e. The average molecular weight is 875 g/mol. The molecule has 0 saturated carbocycles. The summed E-state index contributed by atoms with van der Waals surface area (Å²) in [4.78, 5) is 22.7. The molecule has 0 aromatic heterocycles. The van der Waals surface area contributed by atoms with Crippen LogP contribution in [-0.4, -0.2) is 66.3 Å². The van der Waals surface area contributed by atoms with Gasteiger partial charge in [-0.1, -0.05) is 225 Å². The van der Waals surface area contributed by atoms with E-state index in [9.17, 15) is 19.4 Å². The average Bonchev–Trinajstić information content (AvgIpc) is 3.24. The van der Waals surface area contributed by atoms with Crippen LogP contribution in [0.1, 0.15) is 258 Å². The van der Waals surface area contributed by atoms with E-state index in [0.29, 0.717) is 6.61 Å². The highest BCUT2D eigenvalue weighted by Crippen LogP contribution is 2.43. The van der Waals surface area contributed by atoms with Gasteiger partial charge in [0.05, 0.1) is 26.4 Å². The smallest absolute Gasteiger partial charge is 0.457 e. The van der Waals surface area contributed by atoms with E-state index in [2.05, 4.69) is 26.0 Å². The number of aliphatic hydroxyl groups is 2. The third-order valence-electron chi connectivity index (χ3n) is 11.5. The first kappa shape index (κ1) is 59.2. The van der Waals surface area contributed by atoms with E-state index in [4.69, 9.17) is 23.6 Å². The van der Waals surface area contributed by atoms with Crippen molar-refractivity contribution in [1.82, 2.24) is 0 Å². The van der Waals surface area contributed by atoms with Crippen molar-refractivity contribution < 1.29 is 43.0 Å². The zero-order chi connectivity index (χ0) is 43.9. The summed E-state index contributed by atoms with van der Waals surface area (Å²) in [5, 5.41) is 18.4. The van der Waals surface area contributed by atoms with E-state index in [0.717, 1.165) is 44.9 Å². The Labute approximate surface area is 370 Å². The molecule has 0 aromatic rings. The molecule has 0 spiro atoms. The van der Waals surface area contributed by atoms with Gasteiger partial charge in [0.25, 0.3) is 0 Å². The van der Waals surface area contributed by atoms with E-state index in [1.807, 2.05) is 0 Å². The van der Waals surface area contributed by atoms with Gasteiger partial charge in [0.2, 0.25) is 0 Å². The molecule has 60 heavy (non-hydrogen) atoms. The fourth-order valence-corrected chi connectivity index (χ4v) is 8.32. The molecule has 0 aliphatic carbocycles. The van der Waals surface area contributed by atoms with Gasteiger partial charge in [-0.3, -0.25) is 13.8 Å². The van der Waals surface area contributed by atoms with E-state index in [1.54, 1.807) is 0 Å². The maximum atomic E-state index is 12.7. The maximum Gasteiger partial charge on any atom is 0.472 e. The molecule has 3 N–H and O–H groups in total. The summed E-state index contributed by atoms with van der Waals surface area (Å²) in [6.07, 6.45) is 50.4. The van der Waals surface area contributed by atoms with Crippen LogP contribution in [0.25, 0.3) is 0 Å². The van der Waals surface area contributed by atoms with Crippen molar-refractivity contribution in [3.63, 3.8) is 0 Å². The van der Waals surface area contributed by atoms with Crippen molar-refractivity contribution in [2.75, 3.05) is 33.0 Å². The second kappa shape index (κ2) is 47.7. The summed E-state index contributed by atoms with van der Waals surface area (Å²) < 4.78 is 33.5. The Bertz CT molecular complexity index is 949. The number of unbranched alkanes of at least 4 members (excludes halogenated alkanes) is 34. The fourth-order valence-electron chi connectivity index (χ4n) is 7.53. The molecule has 10 heteroatoms. The lowest BCUT2D eigenvalue weighted by molar-refractivity contribution is -0.154. The number of ether oxygens (including phenoxy) is 2. The van der Waals surface area contributed by atoms with Crippen LogP contribution in [0, 0.1) is 0 Å². The maximum absolute atomic E-state index is 12.7. The predicted octanol–water partition coefficient (Wildman–Crippen LogP) is 14.8. The van der Waals surface area contributed by atoms with Gasteiger partial charge >= 0.3 is 13.8 Å². The molecule has 0 aliphatic heterocycles. The topological polar surface area (TPSA) is 132 Å². The number of phosphoric acid groups is 1. The Kier molecular flexibility index (Phi) is 47.0. The van der Waals surface area contributed by atoms with Gasteiger partial charge in [0.1, 0.15) is 12.2 Å². The minimum absolute atomic E-state index is 0.0511. The van der Waals surface area contributed by atoms with Gasteiger partial charge in [0.15, 0.2) is 0 Å².